The van der Waals surface area contributed by atoms with E-state index in [9.17, 15) is 0 Å². The van der Waals surface area contributed by atoms with E-state index in [4.69, 9.17) is 25.2 Å². The molecule has 1 N–H and O–H groups in total. The van der Waals surface area contributed by atoms with E-state index in [1.807, 2.05) is 0 Å². The Hall–Kier alpha value is -0.590. The third kappa shape index (κ3) is 303. The van der Waals surface area contributed by atoms with Gasteiger partial charge >= 0.3 is 22.4 Å². The van der Waals surface area contributed by atoms with E-state index in [0.29, 0.717) is 0 Å². The molecule has 7 heteroatoms. The Labute approximate surface area is 59.7 Å². The molecule has 0 aliphatic heterocycles. The normalized spacial score (nSPS) is 4.50. The maximum Gasteiger partial charge on any atom is 1.00 e. The molecule has 52 valence electrons. The van der Waals surface area contributed by atoms with Crippen molar-refractivity contribution in [3.63, 3.8) is 0 Å². The van der Waals surface area contributed by atoms with Crippen LogP contribution in [-0.4, -0.2) is 16.7 Å². The molecular weight excluding hydrogens is 214 g/mol. The van der Waals surface area contributed by atoms with Gasteiger partial charge in [0.2, 0.25) is 0 Å². The van der Waals surface area contributed by atoms with Crippen LogP contribution >= 0.6 is 0 Å². The van der Waals surface area contributed by atoms with Gasteiger partial charge < -0.3 is 20.4 Å². The van der Waals surface area contributed by atoms with E-state index in [1.54, 1.807) is 0 Å². The molecule has 0 fully saturated rings. The molecule has 0 bridgehead atoms. The maximum atomic E-state index is 8.36. The number of carbonyl (C=O) groups is 1. The molecule has 0 saturated heterocycles. The van der Waals surface area contributed by atoms with Crippen LogP contribution < -0.4 is 0 Å². The van der Waals surface area contributed by atoms with Gasteiger partial charge in [-0.2, -0.15) is 0 Å². The van der Waals surface area contributed by atoms with Crippen molar-refractivity contribution >= 4 is 6.47 Å². The van der Waals surface area contributed by atoms with Crippen LogP contribution in [0.15, 0.2) is 0 Å². The maximum absolute atomic E-state index is 8.36. The Kier molecular flexibility index (Phi) is 31.6. The van der Waals surface area contributed by atoms with Crippen molar-refractivity contribution < 1.29 is 37.4 Å². The number of carboxylic acid groups (broad SMARTS) is 1. The van der Waals surface area contributed by atoms with Crippen LogP contribution in [0.25, 0.3) is 0 Å². The first-order chi connectivity index (χ1) is 3.15. The predicted molar refractivity (Wildman–Crippen MR) is 19.1 cm³/mol. The third-order valence-corrected chi connectivity index (χ3v) is 0. The summed E-state index contributed by atoms with van der Waals surface area (Å²) in [5.74, 6) is 0. The van der Waals surface area contributed by atoms with Crippen LogP contribution in [0.1, 0.15) is 0 Å². The van der Waals surface area contributed by atoms with Crippen LogP contribution in [0, 0.1) is 15.3 Å². The molecule has 6 nitrogen and oxygen atoms in total. The molecule has 8 heavy (non-hydrogen) atoms. The molecule has 0 rings (SSSR count). The van der Waals surface area contributed by atoms with E-state index < -0.39 is 5.09 Å². The Morgan fingerprint density at radius 3 is 1.50 bits per heavy atom. The summed E-state index contributed by atoms with van der Waals surface area (Å²) in [6.07, 6.45) is 0. The first-order valence-electron chi connectivity index (χ1n) is 1.04. The van der Waals surface area contributed by atoms with Crippen molar-refractivity contribution in [2.75, 3.05) is 0 Å². The zero-order valence-electron chi connectivity index (χ0n) is 3.41. The van der Waals surface area contributed by atoms with Gasteiger partial charge in [-0.05, 0) is 0 Å². The van der Waals surface area contributed by atoms with Gasteiger partial charge in [-0.25, -0.2) is 0 Å². The van der Waals surface area contributed by atoms with Crippen molar-refractivity contribution in [3.05, 3.63) is 15.3 Å². The summed E-state index contributed by atoms with van der Waals surface area (Å²) in [6, 6.07) is 0. The summed E-state index contributed by atoms with van der Waals surface area (Å²) >= 11 is 0. The fourth-order valence-corrected chi connectivity index (χ4v) is 0. The number of nitrogens with zero attached hydrogens (tertiary/aromatic N) is 1. The standard InChI is InChI=1S/CH2O2.Ag.NO3/c2-1-3;;2-1(3)4/h1H,(H,2,3);;/q;+1;-1. The van der Waals surface area contributed by atoms with Crippen LogP contribution in [0.4, 0.5) is 0 Å². The van der Waals surface area contributed by atoms with Crippen molar-refractivity contribution in [1.82, 2.24) is 0 Å². The van der Waals surface area contributed by atoms with Crippen molar-refractivity contribution in [3.8, 4) is 0 Å². The Morgan fingerprint density at radius 1 is 1.50 bits per heavy atom. The smallest absolute Gasteiger partial charge is 0.483 e. The van der Waals surface area contributed by atoms with Gasteiger partial charge in [0.05, 0.1) is 5.09 Å². The van der Waals surface area contributed by atoms with Gasteiger partial charge in [-0.15, -0.1) is 0 Å². The van der Waals surface area contributed by atoms with E-state index in [-0.39, 0.29) is 28.9 Å². The molecule has 0 heterocycles. The average molecular weight is 216 g/mol. The molecule has 0 aromatic carbocycles. The van der Waals surface area contributed by atoms with Crippen LogP contribution in [0.5, 0.6) is 0 Å². The largest absolute Gasteiger partial charge is 1.00 e. The summed E-state index contributed by atoms with van der Waals surface area (Å²) < 4.78 is 0. The van der Waals surface area contributed by atoms with E-state index >= 15 is 0 Å². The van der Waals surface area contributed by atoms with Gasteiger partial charge in [0, 0.05) is 0 Å². The Morgan fingerprint density at radius 2 is 1.50 bits per heavy atom. The van der Waals surface area contributed by atoms with Gasteiger partial charge in [-0.3, -0.25) is 4.79 Å². The van der Waals surface area contributed by atoms with E-state index in [0.717, 1.165) is 0 Å². The molecule has 0 aliphatic rings. The molecule has 0 aromatic heterocycles. The van der Waals surface area contributed by atoms with Crippen LogP contribution in [-0.2, 0) is 27.2 Å². The molecule has 0 atom stereocenters. The monoisotopic (exact) mass is 215 g/mol. The third-order valence-electron chi connectivity index (χ3n) is 0. The summed E-state index contributed by atoms with van der Waals surface area (Å²) in [6.45, 7) is -0.250. The summed E-state index contributed by atoms with van der Waals surface area (Å²) in [5.41, 5.74) is 0. The number of hydrogen-bond donors (Lipinski definition) is 1. The fourth-order valence-electron chi connectivity index (χ4n) is 0. The van der Waals surface area contributed by atoms with E-state index in [1.165, 1.54) is 0 Å². The minimum atomic E-state index is -1.75. The first kappa shape index (κ1) is 15.7. The van der Waals surface area contributed by atoms with E-state index in [2.05, 4.69) is 0 Å². The van der Waals surface area contributed by atoms with Gasteiger partial charge in [-0.1, -0.05) is 0 Å². The zero-order chi connectivity index (χ0) is 6.28. The number of rotatable bonds is 0. The van der Waals surface area contributed by atoms with Crippen LogP contribution in [0.2, 0.25) is 0 Å². The van der Waals surface area contributed by atoms with Crippen molar-refractivity contribution in [1.29, 1.82) is 0 Å². The van der Waals surface area contributed by atoms with Crippen molar-refractivity contribution in [2.24, 2.45) is 0 Å². The van der Waals surface area contributed by atoms with Gasteiger partial charge in [0.25, 0.3) is 6.47 Å². The minimum absolute atomic E-state index is 0. The summed E-state index contributed by atoms with van der Waals surface area (Å²) in [4.78, 5) is 16.6. The van der Waals surface area contributed by atoms with Crippen molar-refractivity contribution in [2.45, 2.75) is 0 Å². The average Bonchev–Trinajstić information content (AvgIpc) is 1.33. The molecule has 0 spiro atoms. The molecule has 0 radical (unpaired) electrons. The topological polar surface area (TPSA) is 104 Å². The SMILES string of the molecule is O=CO.O=[N+]([O-])[O-].[Ag+]. The van der Waals surface area contributed by atoms with Gasteiger partial charge in [0.15, 0.2) is 0 Å². The van der Waals surface area contributed by atoms with Crippen LogP contribution in [0.3, 0.4) is 0 Å². The number of hydrogen-bond acceptors (Lipinski definition) is 4. The summed E-state index contributed by atoms with van der Waals surface area (Å²) in [5, 5.41) is 21.6. The summed E-state index contributed by atoms with van der Waals surface area (Å²) in [7, 11) is 0. The Balaban J connectivity index is -0.0000000575. The molecule has 0 aliphatic carbocycles. The zero-order valence-corrected chi connectivity index (χ0v) is 4.89. The molecule has 0 unspecified atom stereocenters. The Bertz CT molecular complexity index is 59.4. The first-order valence-corrected chi connectivity index (χ1v) is 1.04. The van der Waals surface area contributed by atoms with Gasteiger partial charge in [0.1, 0.15) is 0 Å². The second-order valence-electron chi connectivity index (χ2n) is 0.329. The second-order valence-corrected chi connectivity index (χ2v) is 0.329. The minimum Gasteiger partial charge on any atom is -0.483 e. The molecule has 0 aromatic rings. The predicted octanol–water partition coefficient (Wildman–Crippen LogP) is -0.541. The molecule has 0 amide bonds. The quantitative estimate of drug-likeness (QED) is 0.253. The fraction of sp³-hybridized carbons (Fsp3) is 0. The second kappa shape index (κ2) is 16.1. The molecule has 0 saturated carbocycles. The molecular formula is CH2AgNO5.